The van der Waals surface area contributed by atoms with Gasteiger partial charge in [-0.15, -0.1) is 22.7 Å². The van der Waals surface area contributed by atoms with Gasteiger partial charge in [-0.1, -0.05) is 59.1 Å². The van der Waals surface area contributed by atoms with Crippen LogP contribution in [0.3, 0.4) is 0 Å². The molecule has 0 atom stereocenters. The largest absolute Gasteiger partial charge is 0.283 e. The summed E-state index contributed by atoms with van der Waals surface area (Å²) in [5, 5.41) is 12.6. The summed E-state index contributed by atoms with van der Waals surface area (Å²) in [6.45, 7) is 0. The summed E-state index contributed by atoms with van der Waals surface area (Å²) >= 11 is 21.5. The van der Waals surface area contributed by atoms with Gasteiger partial charge in [0.1, 0.15) is 10.6 Å². The number of hydrogen-bond donors (Lipinski definition) is 1. The smallest absolute Gasteiger partial charge is 0.266 e. The minimum Gasteiger partial charge on any atom is -0.266 e. The van der Waals surface area contributed by atoms with Crippen molar-refractivity contribution in [1.29, 1.82) is 0 Å². The molecule has 5 nitrogen and oxygen atoms in total. The van der Waals surface area contributed by atoms with Gasteiger partial charge in [-0.05, 0) is 35.7 Å². The topological polar surface area (TPSA) is 59.3 Å². The minimum atomic E-state index is -0.433. The highest BCUT2D eigenvalue weighted by Gasteiger charge is 2.19. The lowest BCUT2D eigenvalue weighted by molar-refractivity contribution is 0.0959. The Labute approximate surface area is 211 Å². The predicted molar refractivity (Wildman–Crippen MR) is 139 cm³/mol. The van der Waals surface area contributed by atoms with Gasteiger partial charge in [-0.3, -0.25) is 4.79 Å². The SMILES string of the molecule is O=C(N/N=C\c1cn(-c2ccccc2)nc1-c1cccs1)c1sc2cc(Cl)cc(Cl)c2c1Cl. The summed E-state index contributed by atoms with van der Waals surface area (Å²) in [4.78, 5) is 14.1. The van der Waals surface area contributed by atoms with E-state index in [2.05, 4.69) is 10.5 Å². The number of nitrogens with one attached hydrogen (secondary N) is 1. The second kappa shape index (κ2) is 9.29. The van der Waals surface area contributed by atoms with E-state index < -0.39 is 5.91 Å². The Morgan fingerprint density at radius 2 is 1.91 bits per heavy atom. The lowest BCUT2D eigenvalue weighted by Crippen LogP contribution is -2.16. The number of rotatable bonds is 5. The summed E-state index contributed by atoms with van der Waals surface area (Å²) in [6, 6.07) is 17.1. The molecular weight excluding hydrogens is 519 g/mol. The van der Waals surface area contributed by atoms with Crippen molar-refractivity contribution in [3.05, 3.63) is 91.7 Å². The van der Waals surface area contributed by atoms with Crippen LogP contribution in [0.1, 0.15) is 15.2 Å². The molecule has 0 fully saturated rings. The molecule has 0 spiro atoms. The number of hydrogen-bond acceptors (Lipinski definition) is 5. The van der Waals surface area contributed by atoms with E-state index >= 15 is 0 Å². The summed E-state index contributed by atoms with van der Waals surface area (Å²) in [6.07, 6.45) is 3.44. The fraction of sp³-hybridized carbons (Fsp3) is 0. The number of aromatic nitrogens is 2. The first-order valence-electron chi connectivity index (χ1n) is 9.60. The van der Waals surface area contributed by atoms with E-state index in [1.165, 1.54) is 11.3 Å². The Hall–Kier alpha value is -2.68. The van der Waals surface area contributed by atoms with Crippen LogP contribution in [0.4, 0.5) is 0 Å². The quantitative estimate of drug-likeness (QED) is 0.188. The molecule has 0 saturated heterocycles. The molecular formula is C23H13Cl3N4OS2. The highest BCUT2D eigenvalue weighted by molar-refractivity contribution is 7.21. The Morgan fingerprint density at radius 1 is 1.09 bits per heavy atom. The van der Waals surface area contributed by atoms with Crippen LogP contribution in [0, 0.1) is 0 Å². The summed E-state index contributed by atoms with van der Waals surface area (Å²) in [5.74, 6) is -0.433. The van der Waals surface area contributed by atoms with E-state index in [9.17, 15) is 4.79 Å². The van der Waals surface area contributed by atoms with Crippen LogP contribution < -0.4 is 5.43 Å². The number of thiophene rings is 2. The Balaban J connectivity index is 1.43. The van der Waals surface area contributed by atoms with E-state index in [4.69, 9.17) is 39.9 Å². The van der Waals surface area contributed by atoms with E-state index in [1.54, 1.807) is 34.4 Å². The maximum Gasteiger partial charge on any atom is 0.283 e. The second-order valence-corrected chi connectivity index (χ2v) is 10.1. The second-order valence-electron chi connectivity index (χ2n) is 6.90. The van der Waals surface area contributed by atoms with Crippen molar-refractivity contribution >= 4 is 79.7 Å². The summed E-state index contributed by atoms with van der Waals surface area (Å²) < 4.78 is 2.52. The van der Waals surface area contributed by atoms with Crippen LogP contribution in [0.15, 0.2) is 71.3 Å². The van der Waals surface area contributed by atoms with E-state index in [1.807, 2.05) is 54.0 Å². The van der Waals surface area contributed by atoms with Crippen LogP contribution in [0.5, 0.6) is 0 Å². The summed E-state index contributed by atoms with van der Waals surface area (Å²) in [7, 11) is 0. The number of para-hydroxylation sites is 1. The van der Waals surface area contributed by atoms with E-state index in [-0.39, 0.29) is 5.02 Å². The van der Waals surface area contributed by atoms with Gasteiger partial charge >= 0.3 is 0 Å². The van der Waals surface area contributed by atoms with Crippen LogP contribution in [0.25, 0.3) is 26.3 Å². The number of carbonyl (C=O) groups excluding carboxylic acids is 1. The molecule has 5 rings (SSSR count). The van der Waals surface area contributed by atoms with Gasteiger partial charge < -0.3 is 0 Å². The number of benzene rings is 2. The van der Waals surface area contributed by atoms with Crippen molar-refractivity contribution in [2.24, 2.45) is 5.10 Å². The fourth-order valence-corrected chi connectivity index (χ4v) is 6.27. The van der Waals surface area contributed by atoms with Crippen LogP contribution >= 0.6 is 57.5 Å². The molecule has 0 aliphatic carbocycles. The van der Waals surface area contributed by atoms with E-state index in [0.29, 0.717) is 20.3 Å². The first-order chi connectivity index (χ1) is 16.0. The zero-order valence-corrected chi connectivity index (χ0v) is 20.5. The highest BCUT2D eigenvalue weighted by atomic mass is 35.5. The highest BCUT2D eigenvalue weighted by Crippen LogP contribution is 2.41. The molecule has 0 aliphatic heterocycles. The Kier molecular flexibility index (Phi) is 6.23. The van der Waals surface area contributed by atoms with Crippen molar-refractivity contribution in [3.8, 4) is 16.3 Å². The third-order valence-electron chi connectivity index (χ3n) is 4.74. The Morgan fingerprint density at radius 3 is 2.67 bits per heavy atom. The molecule has 0 radical (unpaired) electrons. The lowest BCUT2D eigenvalue weighted by Gasteiger charge is -1.98. The van der Waals surface area contributed by atoms with Gasteiger partial charge in [0.2, 0.25) is 0 Å². The molecule has 0 saturated carbocycles. The number of halogens is 3. The maximum absolute atomic E-state index is 12.8. The Bertz CT molecular complexity index is 1490. The molecule has 1 amide bonds. The van der Waals surface area contributed by atoms with Gasteiger partial charge in [0.15, 0.2) is 0 Å². The van der Waals surface area contributed by atoms with Crippen molar-refractivity contribution in [2.45, 2.75) is 0 Å². The van der Waals surface area contributed by atoms with Crippen LogP contribution in [0.2, 0.25) is 15.1 Å². The zero-order chi connectivity index (χ0) is 22.9. The van der Waals surface area contributed by atoms with Gasteiger partial charge in [-0.25, -0.2) is 10.1 Å². The van der Waals surface area contributed by atoms with E-state index in [0.717, 1.165) is 26.5 Å². The molecule has 2 aromatic carbocycles. The van der Waals surface area contributed by atoms with Crippen molar-refractivity contribution in [2.75, 3.05) is 0 Å². The zero-order valence-electron chi connectivity index (χ0n) is 16.6. The predicted octanol–water partition coefficient (Wildman–Crippen LogP) is 7.54. The number of hydrazone groups is 1. The number of nitrogens with zero attached hydrogens (tertiary/aromatic N) is 3. The van der Waals surface area contributed by atoms with Gasteiger partial charge in [-0.2, -0.15) is 10.2 Å². The molecule has 10 heteroatoms. The molecule has 3 heterocycles. The average molecular weight is 532 g/mol. The number of amides is 1. The molecule has 0 bridgehead atoms. The fourth-order valence-electron chi connectivity index (χ4n) is 3.27. The summed E-state index contributed by atoms with van der Waals surface area (Å²) in [5.41, 5.74) is 5.01. The first kappa shape index (κ1) is 22.1. The molecule has 0 unspecified atom stereocenters. The van der Waals surface area contributed by atoms with Gasteiger partial charge in [0.25, 0.3) is 5.91 Å². The van der Waals surface area contributed by atoms with Crippen molar-refractivity contribution in [1.82, 2.24) is 15.2 Å². The average Bonchev–Trinajstić information content (AvgIpc) is 3.53. The molecule has 164 valence electrons. The molecule has 3 aromatic heterocycles. The van der Waals surface area contributed by atoms with Gasteiger partial charge in [0.05, 0.1) is 26.8 Å². The van der Waals surface area contributed by atoms with Crippen molar-refractivity contribution < 1.29 is 4.79 Å². The molecule has 5 aromatic rings. The minimum absolute atomic E-state index is 0.278. The molecule has 33 heavy (non-hydrogen) atoms. The molecule has 1 N–H and O–H groups in total. The maximum atomic E-state index is 12.8. The van der Waals surface area contributed by atoms with Crippen molar-refractivity contribution in [3.63, 3.8) is 0 Å². The number of carbonyl (C=O) groups is 1. The normalized spacial score (nSPS) is 11.5. The standard InChI is InChI=1S/C23H13Cl3N4OS2/c24-14-9-16(25)19-18(10-14)33-22(20(19)26)23(31)28-27-11-13-12-30(15-5-2-1-3-6-15)29-21(13)17-7-4-8-32-17/h1-12H,(H,28,31)/b27-11-. The van der Waals surface area contributed by atoms with Crippen LogP contribution in [-0.2, 0) is 0 Å². The number of fused-ring (bicyclic) bond motifs is 1. The molecule has 0 aliphatic rings. The van der Waals surface area contributed by atoms with Gasteiger partial charge in [0, 0.05) is 26.9 Å². The monoisotopic (exact) mass is 530 g/mol. The van der Waals surface area contributed by atoms with Crippen LogP contribution in [-0.4, -0.2) is 21.9 Å². The first-order valence-corrected chi connectivity index (χ1v) is 12.4. The third-order valence-corrected chi connectivity index (χ3v) is 7.76. The third kappa shape index (κ3) is 4.43. The lowest BCUT2D eigenvalue weighted by atomic mass is 10.2.